The van der Waals surface area contributed by atoms with Crippen LogP contribution in [0.1, 0.15) is 11.3 Å². The summed E-state index contributed by atoms with van der Waals surface area (Å²) in [6.07, 6.45) is 2.60. The average molecular weight is 302 g/mol. The van der Waals surface area contributed by atoms with Gasteiger partial charge in [0.1, 0.15) is 6.61 Å². The van der Waals surface area contributed by atoms with Crippen LogP contribution >= 0.6 is 11.6 Å². The highest BCUT2D eigenvalue weighted by Gasteiger charge is 2.19. The fourth-order valence-corrected chi connectivity index (χ4v) is 1.58. The topological polar surface area (TPSA) is 57.1 Å². The molecule has 5 nitrogen and oxygen atoms in total. The Hall–Kier alpha value is -2.02. The first-order valence-corrected chi connectivity index (χ1v) is 5.89. The average Bonchev–Trinajstić information content (AvgIpc) is 2.44. The molecule has 2 rings (SSSR count). The van der Waals surface area contributed by atoms with Crippen LogP contribution in [-0.2, 0) is 6.61 Å². The van der Waals surface area contributed by atoms with Gasteiger partial charge in [-0.2, -0.15) is 0 Å². The molecule has 0 radical (unpaired) electrons. The summed E-state index contributed by atoms with van der Waals surface area (Å²) in [7, 11) is 1.25. The minimum atomic E-state index is -0.898. The van der Waals surface area contributed by atoms with Gasteiger partial charge in [-0.1, -0.05) is 0 Å². The number of hydrogen-bond donors (Lipinski definition) is 0. The van der Waals surface area contributed by atoms with E-state index in [2.05, 4.69) is 15.0 Å². The first-order chi connectivity index (χ1) is 9.52. The molecule has 0 N–H and O–H groups in total. The van der Waals surface area contributed by atoms with Crippen LogP contribution in [0.25, 0.3) is 0 Å². The molecule has 0 spiro atoms. The third-order valence-electron chi connectivity index (χ3n) is 2.48. The summed E-state index contributed by atoms with van der Waals surface area (Å²) in [5, 5.41) is 0.0520. The molecule has 2 heterocycles. The molecular weight excluding hydrogens is 292 g/mol. The minimum Gasteiger partial charge on any atom is -0.485 e. The number of aryl methyl sites for hydroxylation is 1. The molecule has 0 aliphatic heterocycles. The van der Waals surface area contributed by atoms with E-state index < -0.39 is 11.6 Å². The van der Waals surface area contributed by atoms with Gasteiger partial charge in [0.2, 0.25) is 5.28 Å². The number of methoxy groups -OCH3 is 1. The van der Waals surface area contributed by atoms with Crippen LogP contribution in [0.2, 0.25) is 5.28 Å². The van der Waals surface area contributed by atoms with Gasteiger partial charge >= 0.3 is 0 Å². The van der Waals surface area contributed by atoms with Gasteiger partial charge in [0.25, 0.3) is 5.88 Å². The number of hydrogen-bond acceptors (Lipinski definition) is 5. The minimum absolute atomic E-state index is 0.0224. The lowest BCUT2D eigenvalue weighted by Gasteiger charge is -2.11. The number of nitrogens with zero attached hydrogens (tertiary/aromatic N) is 3. The van der Waals surface area contributed by atoms with E-state index in [1.165, 1.54) is 26.4 Å². The van der Waals surface area contributed by atoms with Crippen molar-refractivity contribution in [1.82, 2.24) is 15.0 Å². The summed E-state index contributed by atoms with van der Waals surface area (Å²) in [6, 6.07) is 0. The quantitative estimate of drug-likeness (QED) is 0.813. The van der Waals surface area contributed by atoms with Crippen molar-refractivity contribution in [3.63, 3.8) is 0 Å². The first-order valence-electron chi connectivity index (χ1n) is 5.51. The van der Waals surface area contributed by atoms with Crippen molar-refractivity contribution in [1.29, 1.82) is 0 Å². The summed E-state index contributed by atoms with van der Waals surface area (Å²) < 4.78 is 37.7. The van der Waals surface area contributed by atoms with Gasteiger partial charge in [-0.3, -0.25) is 0 Å². The Morgan fingerprint density at radius 2 is 1.85 bits per heavy atom. The monoisotopic (exact) mass is 301 g/mol. The summed E-state index contributed by atoms with van der Waals surface area (Å²) >= 11 is 5.52. The third-order valence-corrected chi connectivity index (χ3v) is 2.67. The highest BCUT2D eigenvalue weighted by Crippen LogP contribution is 2.24. The molecule has 8 heteroatoms. The van der Waals surface area contributed by atoms with Gasteiger partial charge in [0.05, 0.1) is 30.8 Å². The van der Waals surface area contributed by atoms with Crippen molar-refractivity contribution < 1.29 is 18.3 Å². The smallest absolute Gasteiger partial charge is 0.250 e. The van der Waals surface area contributed by atoms with Crippen molar-refractivity contribution in [3.8, 4) is 11.6 Å². The van der Waals surface area contributed by atoms with Crippen molar-refractivity contribution in [3.05, 3.63) is 40.6 Å². The van der Waals surface area contributed by atoms with E-state index >= 15 is 0 Å². The molecule has 0 aliphatic rings. The Morgan fingerprint density at radius 1 is 1.20 bits per heavy atom. The fraction of sp³-hybridized carbons (Fsp3) is 0.250. The van der Waals surface area contributed by atoms with Gasteiger partial charge < -0.3 is 9.47 Å². The van der Waals surface area contributed by atoms with E-state index in [1.54, 1.807) is 0 Å². The van der Waals surface area contributed by atoms with E-state index in [-0.39, 0.29) is 34.8 Å². The highest BCUT2D eigenvalue weighted by molar-refractivity contribution is 6.28. The van der Waals surface area contributed by atoms with E-state index in [9.17, 15) is 8.78 Å². The zero-order chi connectivity index (χ0) is 14.7. The predicted molar refractivity (Wildman–Crippen MR) is 66.8 cm³/mol. The molecule has 0 amide bonds. The summed E-state index contributed by atoms with van der Waals surface area (Å²) in [5.74, 6) is -1.72. The second kappa shape index (κ2) is 5.96. The number of rotatable bonds is 4. The van der Waals surface area contributed by atoms with Crippen LogP contribution < -0.4 is 9.47 Å². The van der Waals surface area contributed by atoms with Crippen LogP contribution in [-0.4, -0.2) is 22.1 Å². The zero-order valence-electron chi connectivity index (χ0n) is 10.7. The lowest BCUT2D eigenvalue weighted by molar-refractivity contribution is 0.282. The van der Waals surface area contributed by atoms with Crippen molar-refractivity contribution in [2.24, 2.45) is 0 Å². The van der Waals surface area contributed by atoms with Gasteiger partial charge in [0.15, 0.2) is 17.4 Å². The standard InChI is InChI=1S/C12H10ClF2N3O2/c1-6-9(14)8(10(15)11(18-6)19-2)5-20-7-3-16-12(13)17-4-7/h3-4H,5H2,1-2H3. The number of ether oxygens (including phenoxy) is 2. The first kappa shape index (κ1) is 14.4. The Bertz CT molecular complexity index is 623. The molecule has 0 bridgehead atoms. The van der Waals surface area contributed by atoms with Gasteiger partial charge in [-0.25, -0.2) is 23.7 Å². The molecular formula is C12H10ClF2N3O2. The predicted octanol–water partition coefficient (Wildman–Crippen LogP) is 2.70. The molecule has 0 saturated carbocycles. The van der Waals surface area contributed by atoms with Crippen molar-refractivity contribution in [2.75, 3.05) is 7.11 Å². The molecule has 2 aromatic rings. The van der Waals surface area contributed by atoms with Gasteiger partial charge in [0, 0.05) is 0 Å². The van der Waals surface area contributed by atoms with Crippen molar-refractivity contribution in [2.45, 2.75) is 13.5 Å². The number of aromatic nitrogens is 3. The fourth-order valence-electron chi connectivity index (χ4n) is 1.49. The van der Waals surface area contributed by atoms with E-state index in [1.807, 2.05) is 0 Å². The second-order valence-electron chi connectivity index (χ2n) is 3.79. The van der Waals surface area contributed by atoms with Crippen molar-refractivity contribution >= 4 is 11.6 Å². The maximum absolute atomic E-state index is 13.9. The third kappa shape index (κ3) is 2.93. The highest BCUT2D eigenvalue weighted by atomic mass is 35.5. The summed E-state index contributed by atoms with van der Waals surface area (Å²) in [6.45, 7) is 1.06. The molecule has 2 aromatic heterocycles. The molecule has 0 aliphatic carbocycles. The summed E-state index contributed by atoms with van der Waals surface area (Å²) in [4.78, 5) is 11.0. The zero-order valence-corrected chi connectivity index (χ0v) is 11.4. The van der Waals surface area contributed by atoms with Gasteiger partial charge in [-0.05, 0) is 18.5 Å². The molecule has 0 unspecified atom stereocenters. The normalized spacial score (nSPS) is 10.4. The van der Waals surface area contributed by atoms with E-state index in [4.69, 9.17) is 21.1 Å². The van der Waals surface area contributed by atoms with E-state index in [0.29, 0.717) is 0 Å². The van der Waals surface area contributed by atoms with E-state index in [0.717, 1.165) is 0 Å². The maximum atomic E-state index is 13.9. The maximum Gasteiger partial charge on any atom is 0.250 e. The van der Waals surface area contributed by atoms with Crippen LogP contribution in [0.3, 0.4) is 0 Å². The lowest BCUT2D eigenvalue weighted by atomic mass is 10.2. The molecule has 0 fully saturated rings. The second-order valence-corrected chi connectivity index (χ2v) is 4.13. The SMILES string of the molecule is COc1nc(C)c(F)c(COc2cnc(Cl)nc2)c1F. The Balaban J connectivity index is 2.24. The van der Waals surface area contributed by atoms with Crippen LogP contribution in [0.15, 0.2) is 12.4 Å². The van der Waals surface area contributed by atoms with Crippen LogP contribution in [0.5, 0.6) is 11.6 Å². The summed E-state index contributed by atoms with van der Waals surface area (Å²) in [5.41, 5.74) is -0.251. The Kier molecular flexibility index (Phi) is 4.29. The Labute approximate surface area is 118 Å². The molecule has 0 saturated heterocycles. The largest absolute Gasteiger partial charge is 0.485 e. The molecule has 0 atom stereocenters. The molecule has 0 aromatic carbocycles. The lowest BCUT2D eigenvalue weighted by Crippen LogP contribution is -2.08. The molecule has 106 valence electrons. The number of pyridine rings is 1. The Morgan fingerprint density at radius 3 is 2.45 bits per heavy atom. The number of halogens is 3. The molecule has 20 heavy (non-hydrogen) atoms. The van der Waals surface area contributed by atoms with Crippen LogP contribution in [0, 0.1) is 18.6 Å². The van der Waals surface area contributed by atoms with Gasteiger partial charge in [-0.15, -0.1) is 0 Å². The van der Waals surface area contributed by atoms with Crippen LogP contribution in [0.4, 0.5) is 8.78 Å².